The zero-order valence-electron chi connectivity index (χ0n) is 19.5. The van der Waals surface area contributed by atoms with Crippen molar-refractivity contribution < 1.29 is 9.47 Å². The summed E-state index contributed by atoms with van der Waals surface area (Å²) < 4.78 is 11.6. The van der Waals surface area contributed by atoms with Crippen molar-refractivity contribution in [3.63, 3.8) is 0 Å². The molecule has 178 valence electrons. The summed E-state index contributed by atoms with van der Waals surface area (Å²) in [5.74, 6) is 1.39. The zero-order valence-corrected chi connectivity index (χ0v) is 21.0. The molecule has 0 saturated heterocycles. The summed E-state index contributed by atoms with van der Waals surface area (Å²) in [6, 6.07) is 34.7. The first-order valence-corrected chi connectivity index (χ1v) is 12.6. The van der Waals surface area contributed by atoms with Gasteiger partial charge < -0.3 is 9.47 Å². The minimum Gasteiger partial charge on any atom is -0.491 e. The van der Waals surface area contributed by atoms with Gasteiger partial charge in [-0.05, 0) is 64.1 Å². The molecule has 0 heterocycles. The third-order valence-electron chi connectivity index (χ3n) is 5.60. The first kappa shape index (κ1) is 25.1. The Morgan fingerprint density at radius 1 is 0.743 bits per heavy atom. The predicted molar refractivity (Wildman–Crippen MR) is 147 cm³/mol. The molecular formula is C31H28Cl2O2. The van der Waals surface area contributed by atoms with Crippen LogP contribution in [0.25, 0.3) is 16.7 Å². The van der Waals surface area contributed by atoms with Crippen LogP contribution >= 0.6 is 23.2 Å². The van der Waals surface area contributed by atoms with Crippen LogP contribution in [0.5, 0.6) is 5.75 Å². The molecule has 0 saturated carbocycles. The predicted octanol–water partition coefficient (Wildman–Crippen LogP) is 8.66. The van der Waals surface area contributed by atoms with E-state index in [1.807, 2.05) is 42.5 Å². The third kappa shape index (κ3) is 7.22. The van der Waals surface area contributed by atoms with Crippen LogP contribution in [0.1, 0.15) is 23.1 Å². The second kappa shape index (κ2) is 13.2. The maximum atomic E-state index is 6.12. The van der Waals surface area contributed by atoms with Crippen LogP contribution in [-0.2, 0) is 11.3 Å². The quantitative estimate of drug-likeness (QED) is 0.151. The maximum Gasteiger partial charge on any atom is 0.119 e. The lowest BCUT2D eigenvalue weighted by molar-refractivity contribution is 0.0889. The molecule has 0 aromatic heterocycles. The smallest absolute Gasteiger partial charge is 0.119 e. The summed E-state index contributed by atoms with van der Waals surface area (Å²) >= 11 is 12.2. The van der Waals surface area contributed by atoms with Gasteiger partial charge >= 0.3 is 0 Å². The average Bonchev–Trinajstić information content (AvgIpc) is 2.91. The van der Waals surface area contributed by atoms with Gasteiger partial charge in [-0.15, -0.1) is 11.6 Å². The van der Waals surface area contributed by atoms with Gasteiger partial charge in [0.1, 0.15) is 12.4 Å². The standard InChI is InChI=1S/C31H28Cl2O2/c32-20-6-11-30(31-10-5-4-9-29(31)25-12-16-27(33)17-13-25)26-14-18-28(19-15-26)35-22-21-34-23-24-7-2-1-3-8-24/h1-5,7-19H,6,20-23H2/b30-11+. The van der Waals surface area contributed by atoms with Crippen molar-refractivity contribution in [1.29, 1.82) is 0 Å². The van der Waals surface area contributed by atoms with Gasteiger partial charge in [0.2, 0.25) is 0 Å². The van der Waals surface area contributed by atoms with Gasteiger partial charge in [-0.1, -0.05) is 96.5 Å². The van der Waals surface area contributed by atoms with Crippen LogP contribution in [0.4, 0.5) is 0 Å². The number of hydrogen-bond donors (Lipinski definition) is 0. The molecule has 4 aromatic carbocycles. The number of benzene rings is 4. The van der Waals surface area contributed by atoms with Gasteiger partial charge in [0.25, 0.3) is 0 Å². The fourth-order valence-electron chi connectivity index (χ4n) is 3.89. The van der Waals surface area contributed by atoms with Gasteiger partial charge in [0.15, 0.2) is 0 Å². The summed E-state index contributed by atoms with van der Waals surface area (Å²) in [5.41, 5.74) is 6.85. The fourth-order valence-corrected chi connectivity index (χ4v) is 4.13. The molecular weight excluding hydrogens is 475 g/mol. The van der Waals surface area contributed by atoms with Crippen molar-refractivity contribution in [2.45, 2.75) is 13.0 Å². The van der Waals surface area contributed by atoms with Gasteiger partial charge in [-0.3, -0.25) is 0 Å². The molecule has 0 bridgehead atoms. The first-order chi connectivity index (χ1) is 17.2. The Morgan fingerprint density at radius 2 is 1.46 bits per heavy atom. The van der Waals surface area contributed by atoms with E-state index in [4.69, 9.17) is 32.7 Å². The Hall–Kier alpha value is -3.04. The number of rotatable bonds is 11. The SMILES string of the molecule is ClCC/C=C(\c1ccc(OCCOCc2ccccc2)cc1)c1ccccc1-c1ccc(Cl)cc1. The fraction of sp³-hybridized carbons (Fsp3) is 0.161. The number of halogens is 2. The van der Waals surface area contributed by atoms with E-state index in [1.54, 1.807) is 0 Å². The van der Waals surface area contributed by atoms with Gasteiger partial charge in [-0.2, -0.15) is 0 Å². The molecule has 0 radical (unpaired) electrons. The van der Waals surface area contributed by atoms with E-state index < -0.39 is 0 Å². The van der Waals surface area contributed by atoms with Crippen molar-refractivity contribution in [3.05, 3.63) is 131 Å². The topological polar surface area (TPSA) is 18.5 Å². The van der Waals surface area contributed by atoms with Crippen molar-refractivity contribution in [3.8, 4) is 16.9 Å². The second-order valence-corrected chi connectivity index (χ2v) is 8.87. The van der Waals surface area contributed by atoms with E-state index in [-0.39, 0.29) is 0 Å². The van der Waals surface area contributed by atoms with Crippen LogP contribution in [0, 0.1) is 0 Å². The Balaban J connectivity index is 1.45. The minimum atomic E-state index is 0.501. The Kier molecular flexibility index (Phi) is 9.42. The summed E-state index contributed by atoms with van der Waals surface area (Å²) in [5, 5.41) is 0.727. The van der Waals surface area contributed by atoms with Crippen LogP contribution in [0.3, 0.4) is 0 Å². The monoisotopic (exact) mass is 502 g/mol. The molecule has 0 N–H and O–H groups in total. The Morgan fingerprint density at radius 3 is 2.20 bits per heavy atom. The van der Waals surface area contributed by atoms with Crippen LogP contribution in [-0.4, -0.2) is 19.1 Å². The molecule has 0 atom stereocenters. The van der Waals surface area contributed by atoms with Crippen LogP contribution < -0.4 is 4.74 Å². The molecule has 2 nitrogen and oxygen atoms in total. The van der Waals surface area contributed by atoms with Crippen molar-refractivity contribution in [2.24, 2.45) is 0 Å². The van der Waals surface area contributed by atoms with E-state index >= 15 is 0 Å². The van der Waals surface area contributed by atoms with E-state index in [9.17, 15) is 0 Å². The molecule has 0 amide bonds. The molecule has 35 heavy (non-hydrogen) atoms. The highest BCUT2D eigenvalue weighted by Gasteiger charge is 2.12. The van der Waals surface area contributed by atoms with Gasteiger partial charge in [-0.25, -0.2) is 0 Å². The van der Waals surface area contributed by atoms with Crippen LogP contribution in [0.2, 0.25) is 5.02 Å². The zero-order chi connectivity index (χ0) is 24.3. The summed E-state index contributed by atoms with van der Waals surface area (Å²) in [6.45, 7) is 1.62. The van der Waals surface area contributed by atoms with E-state index in [0.717, 1.165) is 50.6 Å². The molecule has 0 aliphatic carbocycles. The molecule has 0 aliphatic rings. The van der Waals surface area contributed by atoms with Crippen molar-refractivity contribution in [1.82, 2.24) is 0 Å². The molecule has 0 spiro atoms. The number of ether oxygens (including phenoxy) is 2. The highest BCUT2D eigenvalue weighted by molar-refractivity contribution is 6.30. The van der Waals surface area contributed by atoms with Gasteiger partial charge in [0, 0.05) is 10.9 Å². The average molecular weight is 503 g/mol. The van der Waals surface area contributed by atoms with Crippen LogP contribution in [0.15, 0.2) is 109 Å². The second-order valence-electron chi connectivity index (χ2n) is 8.06. The molecule has 0 aliphatic heterocycles. The minimum absolute atomic E-state index is 0.501. The lowest BCUT2D eigenvalue weighted by Gasteiger charge is -2.15. The summed E-state index contributed by atoms with van der Waals surface area (Å²) in [6.07, 6.45) is 2.98. The number of hydrogen-bond acceptors (Lipinski definition) is 2. The highest BCUT2D eigenvalue weighted by Crippen LogP contribution is 2.34. The molecule has 0 unspecified atom stereocenters. The van der Waals surface area contributed by atoms with E-state index in [0.29, 0.717) is 25.7 Å². The van der Waals surface area contributed by atoms with E-state index in [1.165, 1.54) is 0 Å². The highest BCUT2D eigenvalue weighted by atomic mass is 35.5. The van der Waals surface area contributed by atoms with Crippen molar-refractivity contribution in [2.75, 3.05) is 19.1 Å². The third-order valence-corrected chi connectivity index (χ3v) is 6.07. The molecule has 4 rings (SSSR count). The van der Waals surface area contributed by atoms with E-state index in [2.05, 4.69) is 66.7 Å². The molecule has 4 heteroatoms. The molecule has 0 fully saturated rings. The van der Waals surface area contributed by atoms with Crippen molar-refractivity contribution >= 4 is 28.8 Å². The lowest BCUT2D eigenvalue weighted by atomic mass is 9.90. The lowest BCUT2D eigenvalue weighted by Crippen LogP contribution is -2.06. The normalized spacial score (nSPS) is 11.4. The van der Waals surface area contributed by atoms with Gasteiger partial charge in [0.05, 0.1) is 13.2 Å². The Labute approximate surface area is 217 Å². The summed E-state index contributed by atoms with van der Waals surface area (Å²) in [7, 11) is 0. The number of allylic oxidation sites excluding steroid dienone is 1. The number of alkyl halides is 1. The summed E-state index contributed by atoms with van der Waals surface area (Å²) in [4.78, 5) is 0. The maximum absolute atomic E-state index is 6.12. The Bertz CT molecular complexity index is 1220. The first-order valence-electron chi connectivity index (χ1n) is 11.7. The molecule has 4 aromatic rings. The largest absolute Gasteiger partial charge is 0.491 e.